The number of hydrogen-bond acceptors (Lipinski definition) is 5. The van der Waals surface area contributed by atoms with Gasteiger partial charge in [-0.2, -0.15) is 0 Å². The molecule has 1 aromatic heterocycles. The molecule has 2 atom stereocenters. The summed E-state index contributed by atoms with van der Waals surface area (Å²) in [5.41, 5.74) is 1.25. The number of aliphatic hydroxyl groups excluding tert-OH is 1. The molecule has 1 saturated heterocycles. The largest absolute Gasteiger partial charge is 0.387 e. The average Bonchev–Trinajstić information content (AvgIpc) is 2.81. The van der Waals surface area contributed by atoms with Crippen molar-refractivity contribution in [3.8, 4) is 0 Å². The molecule has 0 spiro atoms. The molecule has 1 aromatic rings. The predicted molar refractivity (Wildman–Crippen MR) is 81.4 cm³/mol. The zero-order chi connectivity index (χ0) is 14.3. The molecule has 1 aliphatic heterocycles. The first-order valence-corrected chi connectivity index (χ1v) is 8.34. The van der Waals surface area contributed by atoms with E-state index in [0.717, 1.165) is 54.7 Å². The molecule has 0 aromatic carbocycles. The van der Waals surface area contributed by atoms with Gasteiger partial charge in [-0.15, -0.1) is 0 Å². The molecule has 0 amide bonds. The zero-order valence-electron chi connectivity index (χ0n) is 12.6. The lowest BCUT2D eigenvalue weighted by molar-refractivity contribution is 0.0384. The molecule has 1 fully saturated rings. The second-order valence-corrected chi connectivity index (χ2v) is 7.72. The Kier molecular flexibility index (Phi) is 3.77. The lowest BCUT2D eigenvalue weighted by Gasteiger charge is -2.32. The maximum Gasteiger partial charge on any atom is 0.186 e. The van der Waals surface area contributed by atoms with E-state index >= 15 is 0 Å². The minimum absolute atomic E-state index is 0.148. The third-order valence-electron chi connectivity index (χ3n) is 4.28. The molecule has 20 heavy (non-hydrogen) atoms. The van der Waals surface area contributed by atoms with Gasteiger partial charge in [0.15, 0.2) is 5.13 Å². The highest BCUT2D eigenvalue weighted by atomic mass is 32.1. The van der Waals surface area contributed by atoms with Crippen LogP contribution in [0.5, 0.6) is 0 Å². The number of anilines is 1. The lowest BCUT2D eigenvalue weighted by atomic mass is 9.77. The van der Waals surface area contributed by atoms with Gasteiger partial charge in [0.1, 0.15) is 0 Å². The molecule has 1 aliphatic carbocycles. The second kappa shape index (κ2) is 5.28. The summed E-state index contributed by atoms with van der Waals surface area (Å²) in [6.45, 7) is 9.18. The van der Waals surface area contributed by atoms with E-state index < -0.39 is 0 Å². The van der Waals surface area contributed by atoms with Gasteiger partial charge in [-0.25, -0.2) is 4.98 Å². The zero-order valence-corrected chi connectivity index (χ0v) is 13.4. The van der Waals surface area contributed by atoms with Crippen LogP contribution in [0.25, 0.3) is 0 Å². The first kappa shape index (κ1) is 14.3. The number of rotatable bonds is 2. The highest BCUT2D eigenvalue weighted by molar-refractivity contribution is 7.15. The summed E-state index contributed by atoms with van der Waals surface area (Å²) in [4.78, 5) is 8.22. The van der Waals surface area contributed by atoms with Crippen molar-refractivity contribution in [3.63, 3.8) is 0 Å². The Labute approximate surface area is 124 Å². The van der Waals surface area contributed by atoms with Crippen LogP contribution in [-0.2, 0) is 11.2 Å². The van der Waals surface area contributed by atoms with E-state index in [-0.39, 0.29) is 11.5 Å². The van der Waals surface area contributed by atoms with Gasteiger partial charge in [-0.3, -0.25) is 0 Å². The molecule has 2 heterocycles. The third-order valence-corrected chi connectivity index (χ3v) is 5.54. The van der Waals surface area contributed by atoms with Gasteiger partial charge in [0.2, 0.25) is 0 Å². The fraction of sp³-hybridized carbons (Fsp3) is 0.800. The normalized spacial score (nSPS) is 29.3. The van der Waals surface area contributed by atoms with Gasteiger partial charge in [0.25, 0.3) is 0 Å². The van der Waals surface area contributed by atoms with Gasteiger partial charge in [-0.05, 0) is 24.7 Å². The van der Waals surface area contributed by atoms with Crippen LogP contribution in [0, 0.1) is 5.41 Å². The molecule has 0 radical (unpaired) electrons. The summed E-state index contributed by atoms with van der Waals surface area (Å²) < 4.78 is 5.72. The molecule has 3 rings (SSSR count). The van der Waals surface area contributed by atoms with Crippen molar-refractivity contribution >= 4 is 16.5 Å². The number of morpholine rings is 1. The summed E-state index contributed by atoms with van der Waals surface area (Å²) in [5, 5.41) is 11.4. The summed E-state index contributed by atoms with van der Waals surface area (Å²) in [7, 11) is 0. The fourth-order valence-electron chi connectivity index (χ4n) is 3.15. The van der Waals surface area contributed by atoms with Crippen molar-refractivity contribution in [2.24, 2.45) is 5.41 Å². The van der Waals surface area contributed by atoms with Crippen molar-refractivity contribution in [1.82, 2.24) is 4.98 Å². The number of fused-ring (bicyclic) bond motifs is 1. The molecule has 4 nitrogen and oxygen atoms in total. The Morgan fingerprint density at radius 1 is 1.50 bits per heavy atom. The molecule has 2 aliphatic rings. The molecule has 0 bridgehead atoms. The van der Waals surface area contributed by atoms with E-state index in [0.29, 0.717) is 6.10 Å². The Morgan fingerprint density at radius 2 is 2.30 bits per heavy atom. The lowest BCUT2D eigenvalue weighted by Crippen LogP contribution is -2.42. The van der Waals surface area contributed by atoms with E-state index in [9.17, 15) is 5.11 Å². The van der Waals surface area contributed by atoms with Crippen LogP contribution < -0.4 is 4.90 Å². The van der Waals surface area contributed by atoms with E-state index in [1.807, 2.05) is 0 Å². The summed E-state index contributed by atoms with van der Waals surface area (Å²) in [6, 6.07) is 0. The van der Waals surface area contributed by atoms with Gasteiger partial charge in [0, 0.05) is 13.1 Å². The van der Waals surface area contributed by atoms with Crippen LogP contribution in [0.15, 0.2) is 0 Å². The minimum Gasteiger partial charge on any atom is -0.387 e. The summed E-state index contributed by atoms with van der Waals surface area (Å²) >= 11 is 1.67. The van der Waals surface area contributed by atoms with Crippen LogP contribution in [-0.4, -0.2) is 35.9 Å². The molecular weight excluding hydrogens is 272 g/mol. The minimum atomic E-state index is -0.344. The van der Waals surface area contributed by atoms with Crippen molar-refractivity contribution in [3.05, 3.63) is 10.6 Å². The third kappa shape index (κ3) is 2.71. The Bertz CT molecular complexity index is 486. The molecule has 0 saturated carbocycles. The molecule has 5 heteroatoms. The van der Waals surface area contributed by atoms with Gasteiger partial charge in [0.05, 0.1) is 29.4 Å². The smallest absolute Gasteiger partial charge is 0.186 e. The highest BCUT2D eigenvalue weighted by Gasteiger charge is 2.35. The van der Waals surface area contributed by atoms with Crippen LogP contribution in [0.3, 0.4) is 0 Å². The fourth-order valence-corrected chi connectivity index (χ4v) is 4.26. The van der Waals surface area contributed by atoms with Crippen molar-refractivity contribution in [2.45, 2.75) is 52.2 Å². The Hall–Kier alpha value is -0.650. The Morgan fingerprint density at radius 3 is 3.05 bits per heavy atom. The van der Waals surface area contributed by atoms with Crippen molar-refractivity contribution < 1.29 is 9.84 Å². The summed E-state index contributed by atoms with van der Waals surface area (Å²) in [6.07, 6.45) is 2.81. The van der Waals surface area contributed by atoms with Gasteiger partial charge < -0.3 is 14.7 Å². The number of aliphatic hydroxyl groups is 1. The van der Waals surface area contributed by atoms with Crippen LogP contribution >= 0.6 is 11.3 Å². The molecule has 2 unspecified atom stereocenters. The molecule has 112 valence electrons. The van der Waals surface area contributed by atoms with E-state index in [2.05, 4.69) is 25.7 Å². The topological polar surface area (TPSA) is 45.6 Å². The van der Waals surface area contributed by atoms with Crippen LogP contribution in [0.2, 0.25) is 0 Å². The quantitative estimate of drug-likeness (QED) is 0.911. The maximum absolute atomic E-state index is 10.3. The molecular formula is C15H24N2O2S. The standard InChI is InChI=1S/C15H24N2O2S/c1-4-10-9-17(5-6-19-10)14-16-11-7-15(2,3)8-12(18)13(11)20-14/h10,12,18H,4-9H2,1-3H3. The van der Waals surface area contributed by atoms with E-state index in [1.165, 1.54) is 0 Å². The SMILES string of the molecule is CCC1CN(c2nc3c(s2)C(O)CC(C)(C)C3)CCO1. The summed E-state index contributed by atoms with van der Waals surface area (Å²) in [5.74, 6) is 0. The average molecular weight is 296 g/mol. The van der Waals surface area contributed by atoms with E-state index in [1.54, 1.807) is 11.3 Å². The maximum atomic E-state index is 10.3. The second-order valence-electron chi connectivity index (χ2n) is 6.72. The Balaban J connectivity index is 1.83. The highest BCUT2D eigenvalue weighted by Crippen LogP contribution is 2.44. The predicted octanol–water partition coefficient (Wildman–Crippen LogP) is 2.76. The number of aromatic nitrogens is 1. The monoisotopic (exact) mass is 296 g/mol. The van der Waals surface area contributed by atoms with Gasteiger partial charge in [-0.1, -0.05) is 32.1 Å². The number of thiazole rings is 1. The number of ether oxygens (including phenoxy) is 1. The molecule has 1 N–H and O–H groups in total. The first-order chi connectivity index (χ1) is 9.48. The number of hydrogen-bond donors (Lipinski definition) is 1. The van der Waals surface area contributed by atoms with Crippen molar-refractivity contribution in [1.29, 1.82) is 0 Å². The number of nitrogens with zero attached hydrogens (tertiary/aromatic N) is 2. The van der Waals surface area contributed by atoms with Crippen molar-refractivity contribution in [2.75, 3.05) is 24.6 Å². The van der Waals surface area contributed by atoms with Gasteiger partial charge >= 0.3 is 0 Å². The van der Waals surface area contributed by atoms with E-state index in [4.69, 9.17) is 9.72 Å². The first-order valence-electron chi connectivity index (χ1n) is 7.53. The van der Waals surface area contributed by atoms with Crippen LogP contribution in [0.1, 0.15) is 50.3 Å². The van der Waals surface area contributed by atoms with Crippen LogP contribution in [0.4, 0.5) is 5.13 Å².